The normalized spacial score (nSPS) is 13.0. The number of ketones is 1. The van der Waals surface area contributed by atoms with E-state index < -0.39 is 5.97 Å². The topological polar surface area (TPSA) is 61.2 Å². The first kappa shape index (κ1) is 14.5. The molecule has 5 nitrogen and oxygen atoms in total. The number of fused-ring (bicyclic) bond motifs is 1. The minimum atomic E-state index is -0.514. The summed E-state index contributed by atoms with van der Waals surface area (Å²) in [7, 11) is 1.75. The molecule has 0 saturated heterocycles. The van der Waals surface area contributed by atoms with Gasteiger partial charge in [0.2, 0.25) is 0 Å². The lowest BCUT2D eigenvalue weighted by Crippen LogP contribution is -2.15. The second-order valence-electron chi connectivity index (χ2n) is 5.60. The highest BCUT2D eigenvalue weighted by Crippen LogP contribution is 2.23. The Bertz CT molecular complexity index is 746. The van der Waals surface area contributed by atoms with Crippen LogP contribution in [0.15, 0.2) is 24.4 Å². The molecule has 0 fully saturated rings. The summed E-state index contributed by atoms with van der Waals surface area (Å²) in [6.07, 6.45) is 4.70. The van der Waals surface area contributed by atoms with Crippen LogP contribution in [0.5, 0.6) is 0 Å². The molecule has 1 heterocycles. The molecule has 0 atom stereocenters. The number of hydrogen-bond acceptors (Lipinski definition) is 4. The Morgan fingerprint density at radius 2 is 2.05 bits per heavy atom. The summed E-state index contributed by atoms with van der Waals surface area (Å²) in [6.45, 7) is 1.54. The molecular formula is C17H18N2O3. The average molecular weight is 298 g/mol. The molecule has 5 heteroatoms. The zero-order valence-electron chi connectivity index (χ0n) is 12.8. The number of Topliss-reactive ketones (excluding diaryl/α,β-unsaturated/α-hetero) is 1. The van der Waals surface area contributed by atoms with Crippen molar-refractivity contribution in [1.82, 2.24) is 9.78 Å². The summed E-state index contributed by atoms with van der Waals surface area (Å²) in [5.74, 6) is -0.690. The molecule has 0 N–H and O–H groups in total. The van der Waals surface area contributed by atoms with Crippen molar-refractivity contribution < 1.29 is 14.3 Å². The summed E-state index contributed by atoms with van der Waals surface area (Å²) in [4.78, 5) is 24.1. The van der Waals surface area contributed by atoms with Gasteiger partial charge in [-0.2, -0.15) is 5.10 Å². The minimum absolute atomic E-state index is 0.176. The fourth-order valence-corrected chi connectivity index (χ4v) is 2.74. The predicted octanol–water partition coefficient (Wildman–Crippen LogP) is 2.26. The smallest absolute Gasteiger partial charge is 0.342 e. The van der Waals surface area contributed by atoms with Crippen LogP contribution >= 0.6 is 0 Å². The van der Waals surface area contributed by atoms with E-state index >= 15 is 0 Å². The van der Waals surface area contributed by atoms with E-state index in [1.54, 1.807) is 18.7 Å². The fraction of sp³-hybridized carbons (Fsp3) is 0.353. The van der Waals surface area contributed by atoms with Crippen LogP contribution in [0, 0.1) is 6.92 Å². The predicted molar refractivity (Wildman–Crippen MR) is 81.0 cm³/mol. The number of rotatable bonds is 4. The molecule has 2 aromatic rings. The van der Waals surface area contributed by atoms with Crippen molar-refractivity contribution in [2.75, 3.05) is 6.61 Å². The van der Waals surface area contributed by atoms with Gasteiger partial charge in [0.25, 0.3) is 0 Å². The molecule has 0 radical (unpaired) electrons. The van der Waals surface area contributed by atoms with Crippen LogP contribution in [0.3, 0.4) is 0 Å². The van der Waals surface area contributed by atoms with Crippen molar-refractivity contribution in [3.63, 3.8) is 0 Å². The van der Waals surface area contributed by atoms with Crippen LogP contribution < -0.4 is 0 Å². The standard InChI is InChI=1S/C17H18N2O3/c1-11-15(9-18-19(11)2)17(21)22-10-16(20)14-7-6-12-4-3-5-13(12)8-14/h6-9H,3-5,10H2,1-2H3. The maximum Gasteiger partial charge on any atom is 0.342 e. The van der Waals surface area contributed by atoms with Crippen molar-refractivity contribution in [1.29, 1.82) is 0 Å². The van der Waals surface area contributed by atoms with Crippen LogP contribution in [0.4, 0.5) is 0 Å². The molecular weight excluding hydrogens is 280 g/mol. The van der Waals surface area contributed by atoms with E-state index in [0.29, 0.717) is 11.1 Å². The number of aromatic nitrogens is 2. The van der Waals surface area contributed by atoms with Crippen molar-refractivity contribution in [2.45, 2.75) is 26.2 Å². The van der Waals surface area contributed by atoms with Crippen molar-refractivity contribution in [3.8, 4) is 0 Å². The molecule has 0 aliphatic heterocycles. The van der Waals surface area contributed by atoms with Crippen LogP contribution in [0.1, 0.15) is 44.0 Å². The van der Waals surface area contributed by atoms with E-state index in [4.69, 9.17) is 4.74 Å². The molecule has 0 saturated carbocycles. The first-order valence-electron chi connectivity index (χ1n) is 7.37. The third-order valence-electron chi connectivity index (χ3n) is 4.21. The summed E-state index contributed by atoms with van der Waals surface area (Å²) in [5, 5.41) is 3.99. The summed E-state index contributed by atoms with van der Waals surface area (Å²) in [5.41, 5.74) is 4.27. The zero-order valence-corrected chi connectivity index (χ0v) is 12.8. The van der Waals surface area contributed by atoms with E-state index in [1.165, 1.54) is 17.3 Å². The van der Waals surface area contributed by atoms with Gasteiger partial charge in [0, 0.05) is 18.3 Å². The molecule has 0 spiro atoms. The van der Waals surface area contributed by atoms with Crippen LogP contribution in [0.25, 0.3) is 0 Å². The molecule has 1 aromatic heterocycles. The SMILES string of the molecule is Cc1c(C(=O)OCC(=O)c2ccc3c(c2)CCC3)cnn1C. The molecule has 3 rings (SSSR count). The van der Waals surface area contributed by atoms with Crippen LogP contribution in [0.2, 0.25) is 0 Å². The van der Waals surface area contributed by atoms with Gasteiger partial charge in [0.1, 0.15) is 5.56 Å². The zero-order chi connectivity index (χ0) is 15.7. The highest BCUT2D eigenvalue weighted by Gasteiger charge is 2.18. The lowest BCUT2D eigenvalue weighted by Gasteiger charge is -2.06. The van der Waals surface area contributed by atoms with Crippen LogP contribution in [-0.4, -0.2) is 28.1 Å². The number of aryl methyl sites for hydroxylation is 3. The Morgan fingerprint density at radius 1 is 1.27 bits per heavy atom. The lowest BCUT2D eigenvalue weighted by molar-refractivity contribution is 0.0474. The van der Waals surface area contributed by atoms with Gasteiger partial charge in [-0.15, -0.1) is 0 Å². The lowest BCUT2D eigenvalue weighted by atomic mass is 10.0. The van der Waals surface area contributed by atoms with Crippen molar-refractivity contribution >= 4 is 11.8 Å². The second kappa shape index (κ2) is 5.75. The number of ether oxygens (including phenoxy) is 1. The molecule has 0 amide bonds. The van der Waals surface area contributed by atoms with E-state index in [1.807, 2.05) is 18.2 Å². The van der Waals surface area contributed by atoms with E-state index in [-0.39, 0.29) is 12.4 Å². The molecule has 114 valence electrons. The van der Waals surface area contributed by atoms with Gasteiger partial charge in [-0.25, -0.2) is 4.79 Å². The van der Waals surface area contributed by atoms with E-state index in [0.717, 1.165) is 25.0 Å². The van der Waals surface area contributed by atoms with Gasteiger partial charge >= 0.3 is 5.97 Å². The number of carbonyl (C=O) groups is 2. The molecule has 22 heavy (non-hydrogen) atoms. The largest absolute Gasteiger partial charge is 0.454 e. The maximum absolute atomic E-state index is 12.2. The van der Waals surface area contributed by atoms with E-state index in [2.05, 4.69) is 5.10 Å². The Labute approximate surface area is 128 Å². The molecule has 1 aliphatic carbocycles. The summed E-state index contributed by atoms with van der Waals surface area (Å²) >= 11 is 0. The minimum Gasteiger partial charge on any atom is -0.454 e. The molecule has 1 aliphatic rings. The molecule has 0 bridgehead atoms. The van der Waals surface area contributed by atoms with Crippen molar-refractivity contribution in [3.05, 3.63) is 52.3 Å². The molecule has 0 unspecified atom stereocenters. The number of hydrogen-bond donors (Lipinski definition) is 0. The monoisotopic (exact) mass is 298 g/mol. The number of benzene rings is 1. The summed E-state index contributed by atoms with van der Waals surface area (Å²) in [6, 6.07) is 5.74. The van der Waals surface area contributed by atoms with Gasteiger partial charge in [-0.05, 0) is 43.4 Å². The second-order valence-corrected chi connectivity index (χ2v) is 5.60. The van der Waals surface area contributed by atoms with Gasteiger partial charge < -0.3 is 4.74 Å². The fourth-order valence-electron chi connectivity index (χ4n) is 2.74. The molecule has 1 aromatic carbocycles. The Balaban J connectivity index is 1.65. The van der Waals surface area contributed by atoms with Gasteiger partial charge in [-0.3, -0.25) is 9.48 Å². The van der Waals surface area contributed by atoms with Crippen molar-refractivity contribution in [2.24, 2.45) is 7.05 Å². The maximum atomic E-state index is 12.2. The van der Waals surface area contributed by atoms with Gasteiger partial charge in [-0.1, -0.05) is 12.1 Å². The van der Waals surface area contributed by atoms with E-state index in [9.17, 15) is 9.59 Å². The average Bonchev–Trinajstić information content (AvgIpc) is 3.11. The van der Waals surface area contributed by atoms with Gasteiger partial charge in [0.15, 0.2) is 12.4 Å². The quantitative estimate of drug-likeness (QED) is 0.641. The third kappa shape index (κ3) is 2.66. The van der Waals surface area contributed by atoms with Crippen LogP contribution in [-0.2, 0) is 24.6 Å². The first-order chi connectivity index (χ1) is 10.6. The highest BCUT2D eigenvalue weighted by atomic mass is 16.5. The number of nitrogens with zero attached hydrogens (tertiary/aromatic N) is 2. The Hall–Kier alpha value is -2.43. The first-order valence-corrected chi connectivity index (χ1v) is 7.37. The van der Waals surface area contributed by atoms with Gasteiger partial charge in [0.05, 0.1) is 6.20 Å². The third-order valence-corrected chi connectivity index (χ3v) is 4.21. The number of carbonyl (C=O) groups excluding carboxylic acids is 2. The highest BCUT2D eigenvalue weighted by molar-refractivity contribution is 5.99. The Morgan fingerprint density at radius 3 is 2.77 bits per heavy atom. The number of esters is 1. The summed E-state index contributed by atoms with van der Waals surface area (Å²) < 4.78 is 6.71. The Kier molecular flexibility index (Phi) is 3.79.